The lowest BCUT2D eigenvalue weighted by Gasteiger charge is -2.34. The second kappa shape index (κ2) is 15.1. The molecule has 2 aliphatic heterocycles. The molecule has 2 heterocycles. The quantitative estimate of drug-likeness (QED) is 0.153. The molecule has 9 nitrogen and oxygen atoms in total. The lowest BCUT2D eigenvalue weighted by Crippen LogP contribution is -2.40. The lowest BCUT2D eigenvalue weighted by atomic mass is 10.0. The molecule has 1 amide bonds. The molecule has 0 saturated heterocycles. The van der Waals surface area contributed by atoms with Gasteiger partial charge < -0.3 is 39.6 Å². The van der Waals surface area contributed by atoms with Crippen LogP contribution < -0.4 is 25.4 Å². The van der Waals surface area contributed by atoms with Gasteiger partial charge >= 0.3 is 6.09 Å². The van der Waals surface area contributed by atoms with E-state index in [2.05, 4.69) is 72.0 Å². The standard InChI is InChI=1S/C34H53N3O6Si/c1-33(2)40-23-27-14-10-12-25(30(27)42-33)20-35-22-29(16-8-9-17-36-32(38)39-18-19-44(5,6)7)37-21-26-13-11-15-28-24-41-34(3,4)43-31(26)28/h10-15,29,35,37H,8-9,16-24H2,1-7H3,(H,36,38). The van der Waals surface area contributed by atoms with E-state index in [1.807, 2.05) is 27.7 Å². The molecule has 0 aromatic heterocycles. The van der Waals surface area contributed by atoms with Gasteiger partial charge in [0.25, 0.3) is 0 Å². The Morgan fingerprint density at radius 3 is 2.07 bits per heavy atom. The fraction of sp³-hybridized carbons (Fsp3) is 0.618. The number of rotatable bonds is 15. The Morgan fingerprint density at radius 1 is 0.886 bits per heavy atom. The number of carbonyl (C=O) groups excluding carboxylic acids is 1. The number of alkyl carbamates (subject to hydrolysis) is 1. The van der Waals surface area contributed by atoms with Crippen LogP contribution in [-0.2, 0) is 40.5 Å². The maximum absolute atomic E-state index is 12.1. The Kier molecular flexibility index (Phi) is 11.8. The van der Waals surface area contributed by atoms with Crippen molar-refractivity contribution in [1.29, 1.82) is 0 Å². The topological polar surface area (TPSA) is 99.3 Å². The maximum Gasteiger partial charge on any atom is 0.407 e. The van der Waals surface area contributed by atoms with Crippen LogP contribution in [0.15, 0.2) is 36.4 Å². The van der Waals surface area contributed by atoms with Gasteiger partial charge in [0, 0.05) is 90.2 Å². The van der Waals surface area contributed by atoms with Crippen molar-refractivity contribution in [2.75, 3.05) is 19.7 Å². The number of amides is 1. The second-order valence-corrected chi connectivity index (χ2v) is 19.6. The van der Waals surface area contributed by atoms with E-state index in [-0.39, 0.29) is 12.1 Å². The largest absolute Gasteiger partial charge is 0.462 e. The van der Waals surface area contributed by atoms with E-state index < -0.39 is 19.6 Å². The Bertz CT molecular complexity index is 1250. The third-order valence-corrected chi connectivity index (χ3v) is 9.53. The molecule has 0 spiro atoms. The molecule has 4 rings (SSSR count). The Hall–Kier alpha value is -2.63. The number of unbranched alkanes of at least 4 members (excludes halogenated alkanes) is 1. The van der Waals surface area contributed by atoms with Crippen molar-refractivity contribution in [1.82, 2.24) is 16.0 Å². The molecular formula is C34H53N3O6Si. The number of hydrogen-bond donors (Lipinski definition) is 3. The molecule has 3 N–H and O–H groups in total. The van der Waals surface area contributed by atoms with Gasteiger partial charge in [-0.3, -0.25) is 0 Å². The van der Waals surface area contributed by atoms with Gasteiger partial charge in [0.05, 0.1) is 19.8 Å². The summed E-state index contributed by atoms with van der Waals surface area (Å²) in [6, 6.07) is 13.7. The molecule has 0 aliphatic carbocycles. The van der Waals surface area contributed by atoms with Gasteiger partial charge in [0.2, 0.25) is 11.6 Å². The van der Waals surface area contributed by atoms with Crippen molar-refractivity contribution in [3.05, 3.63) is 58.7 Å². The van der Waals surface area contributed by atoms with Gasteiger partial charge in [-0.1, -0.05) is 62.5 Å². The van der Waals surface area contributed by atoms with Crippen molar-refractivity contribution >= 4 is 14.2 Å². The first-order valence-corrected chi connectivity index (χ1v) is 19.7. The smallest absolute Gasteiger partial charge is 0.407 e. The third kappa shape index (κ3) is 10.8. The molecule has 244 valence electrons. The van der Waals surface area contributed by atoms with Crippen molar-refractivity contribution in [3.8, 4) is 11.5 Å². The van der Waals surface area contributed by atoms with Gasteiger partial charge in [-0.25, -0.2) is 4.79 Å². The average Bonchev–Trinajstić information content (AvgIpc) is 2.94. The summed E-state index contributed by atoms with van der Waals surface area (Å²) < 4.78 is 29.4. The van der Waals surface area contributed by atoms with E-state index >= 15 is 0 Å². The molecule has 1 atom stereocenters. The molecule has 0 radical (unpaired) electrons. The highest BCUT2D eigenvalue weighted by Crippen LogP contribution is 2.35. The van der Waals surface area contributed by atoms with Crippen LogP contribution in [0.1, 0.15) is 69.2 Å². The first-order chi connectivity index (χ1) is 20.8. The Morgan fingerprint density at radius 2 is 1.48 bits per heavy atom. The van der Waals surface area contributed by atoms with Crippen LogP contribution in [0.2, 0.25) is 25.7 Å². The lowest BCUT2D eigenvalue weighted by molar-refractivity contribution is -0.180. The summed E-state index contributed by atoms with van der Waals surface area (Å²) in [6.45, 7) is 19.0. The normalized spacial score (nSPS) is 17.4. The molecule has 2 aliphatic rings. The predicted octanol–water partition coefficient (Wildman–Crippen LogP) is 6.46. The zero-order valence-corrected chi connectivity index (χ0v) is 28.8. The van der Waals surface area contributed by atoms with E-state index in [0.717, 1.165) is 65.6 Å². The third-order valence-electron chi connectivity index (χ3n) is 7.82. The average molecular weight is 628 g/mol. The number of benzene rings is 2. The zero-order chi connectivity index (χ0) is 31.8. The fourth-order valence-corrected chi connectivity index (χ4v) is 5.93. The van der Waals surface area contributed by atoms with Crippen LogP contribution >= 0.6 is 0 Å². The maximum atomic E-state index is 12.1. The van der Waals surface area contributed by atoms with E-state index in [9.17, 15) is 4.79 Å². The van der Waals surface area contributed by atoms with Crippen molar-refractivity contribution in [3.63, 3.8) is 0 Å². The van der Waals surface area contributed by atoms with Gasteiger partial charge in [-0.15, -0.1) is 0 Å². The number of hydrogen-bond acceptors (Lipinski definition) is 8. The van der Waals surface area contributed by atoms with Gasteiger partial charge in [-0.2, -0.15) is 0 Å². The van der Waals surface area contributed by atoms with E-state index in [4.69, 9.17) is 23.7 Å². The van der Waals surface area contributed by atoms with Crippen molar-refractivity contribution in [2.24, 2.45) is 0 Å². The first kappa shape index (κ1) is 34.2. The molecular weight excluding hydrogens is 574 g/mol. The summed E-state index contributed by atoms with van der Waals surface area (Å²) in [4.78, 5) is 12.1. The van der Waals surface area contributed by atoms with Crippen LogP contribution in [0.25, 0.3) is 0 Å². The second-order valence-electron chi connectivity index (χ2n) is 14.0. The first-order valence-electron chi connectivity index (χ1n) is 16.0. The van der Waals surface area contributed by atoms with Crippen LogP contribution in [0.5, 0.6) is 11.5 Å². The van der Waals surface area contributed by atoms with E-state index in [1.165, 1.54) is 0 Å². The molecule has 0 fully saturated rings. The van der Waals surface area contributed by atoms with Crippen LogP contribution in [0.4, 0.5) is 4.79 Å². The van der Waals surface area contributed by atoms with Crippen LogP contribution in [0.3, 0.4) is 0 Å². The van der Waals surface area contributed by atoms with Crippen molar-refractivity contribution in [2.45, 2.75) is 117 Å². The van der Waals surface area contributed by atoms with E-state index in [0.29, 0.717) is 39.5 Å². The fourth-order valence-electron chi connectivity index (χ4n) is 5.22. The summed E-state index contributed by atoms with van der Waals surface area (Å²) in [5.74, 6) is 0.543. The SMILES string of the molecule is CC1(C)OCc2cccc(CNCC(CCCCNC(=O)OCC[Si](C)(C)C)NCc3cccc4c3OC(C)(C)OC4)c2O1. The molecule has 0 saturated carbocycles. The Labute approximate surface area is 264 Å². The summed E-state index contributed by atoms with van der Waals surface area (Å²) in [5, 5.41) is 10.3. The summed E-state index contributed by atoms with van der Waals surface area (Å²) in [6.07, 6.45) is 2.48. The molecule has 2 aromatic carbocycles. The van der Waals surface area contributed by atoms with Crippen LogP contribution in [-0.4, -0.2) is 51.5 Å². The van der Waals surface area contributed by atoms with Crippen molar-refractivity contribution < 1.29 is 28.5 Å². The minimum atomic E-state index is -1.22. The molecule has 2 aromatic rings. The summed E-state index contributed by atoms with van der Waals surface area (Å²) in [5.41, 5.74) is 4.40. The number of nitrogens with one attached hydrogen (secondary N) is 3. The highest BCUT2D eigenvalue weighted by Gasteiger charge is 2.30. The highest BCUT2D eigenvalue weighted by molar-refractivity contribution is 6.76. The zero-order valence-electron chi connectivity index (χ0n) is 27.8. The monoisotopic (exact) mass is 627 g/mol. The van der Waals surface area contributed by atoms with Gasteiger partial charge in [0.1, 0.15) is 11.5 Å². The van der Waals surface area contributed by atoms with Crippen LogP contribution in [0, 0.1) is 0 Å². The minimum Gasteiger partial charge on any atom is -0.462 e. The molecule has 44 heavy (non-hydrogen) atoms. The minimum absolute atomic E-state index is 0.211. The van der Waals surface area contributed by atoms with Gasteiger partial charge in [0.15, 0.2) is 0 Å². The molecule has 0 bridgehead atoms. The number of carbonyl (C=O) groups is 1. The Balaban J connectivity index is 1.32. The summed E-state index contributed by atoms with van der Waals surface area (Å²) in [7, 11) is -1.22. The number of ether oxygens (including phenoxy) is 5. The molecule has 10 heteroatoms. The highest BCUT2D eigenvalue weighted by atomic mass is 28.3. The summed E-state index contributed by atoms with van der Waals surface area (Å²) >= 11 is 0. The van der Waals surface area contributed by atoms with E-state index in [1.54, 1.807) is 0 Å². The predicted molar refractivity (Wildman–Crippen MR) is 176 cm³/mol. The van der Waals surface area contributed by atoms with Gasteiger partial charge in [-0.05, 0) is 18.9 Å². The molecule has 1 unspecified atom stereocenters. The number of fused-ring (bicyclic) bond motifs is 2. The number of para-hydroxylation sites is 2.